The minimum Gasteiger partial charge on any atom is -0.465 e. The zero-order chi connectivity index (χ0) is 14.8. The lowest BCUT2D eigenvalue weighted by atomic mass is 9.98. The van der Waals surface area contributed by atoms with E-state index in [1.54, 1.807) is 0 Å². The van der Waals surface area contributed by atoms with Gasteiger partial charge in [0.2, 0.25) is 0 Å². The van der Waals surface area contributed by atoms with Crippen LogP contribution in [0.15, 0.2) is 24.3 Å². The number of aromatic nitrogens is 2. The molecule has 0 bridgehead atoms. The van der Waals surface area contributed by atoms with Gasteiger partial charge in [0.25, 0.3) is 0 Å². The van der Waals surface area contributed by atoms with Gasteiger partial charge in [-0.1, -0.05) is 12.1 Å². The topological polar surface area (TPSA) is 58.4 Å². The highest BCUT2D eigenvalue weighted by Gasteiger charge is 2.24. The van der Waals surface area contributed by atoms with E-state index in [4.69, 9.17) is 16.7 Å². The molecule has 1 amide bonds. The van der Waals surface area contributed by atoms with E-state index in [1.807, 2.05) is 24.3 Å². The molecule has 0 unspecified atom stereocenters. The normalized spacial score (nSPS) is 19.1. The molecular formula is C15H18ClN3O2. The number of hydrogen-bond acceptors (Lipinski definition) is 2. The number of likely N-dealkylation sites (tertiary alicyclic amines) is 1. The molecule has 1 aliphatic rings. The van der Waals surface area contributed by atoms with Crippen LogP contribution in [0.5, 0.6) is 0 Å². The van der Waals surface area contributed by atoms with E-state index < -0.39 is 6.09 Å². The van der Waals surface area contributed by atoms with Gasteiger partial charge in [-0.2, -0.15) is 0 Å². The number of alkyl halides is 1. The maximum atomic E-state index is 11.1. The number of halogens is 1. The summed E-state index contributed by atoms with van der Waals surface area (Å²) in [6, 6.07) is 7.97. The van der Waals surface area contributed by atoms with Gasteiger partial charge in [-0.25, -0.2) is 9.78 Å². The number of carboxylic acid groups (broad SMARTS) is 1. The third-order valence-corrected chi connectivity index (χ3v) is 4.32. The summed E-state index contributed by atoms with van der Waals surface area (Å²) in [7, 11) is 0. The average molecular weight is 308 g/mol. The van der Waals surface area contributed by atoms with Gasteiger partial charge in [0.1, 0.15) is 5.82 Å². The van der Waals surface area contributed by atoms with Crippen molar-refractivity contribution in [3.63, 3.8) is 0 Å². The third kappa shape index (κ3) is 2.83. The predicted molar refractivity (Wildman–Crippen MR) is 81.6 cm³/mol. The molecule has 1 atom stereocenters. The van der Waals surface area contributed by atoms with Crippen LogP contribution < -0.4 is 0 Å². The fourth-order valence-corrected chi connectivity index (χ4v) is 3.28. The lowest BCUT2D eigenvalue weighted by Gasteiger charge is -2.31. The molecule has 2 heterocycles. The van der Waals surface area contributed by atoms with Crippen LogP contribution in [0.4, 0.5) is 4.79 Å². The van der Waals surface area contributed by atoms with Crippen molar-refractivity contribution in [2.45, 2.75) is 25.3 Å². The number of fused-ring (bicyclic) bond motifs is 1. The molecule has 0 spiro atoms. The van der Waals surface area contributed by atoms with Crippen LogP contribution in [-0.2, 0) is 12.4 Å². The smallest absolute Gasteiger partial charge is 0.407 e. The Kier molecular flexibility index (Phi) is 4.01. The van der Waals surface area contributed by atoms with Crippen molar-refractivity contribution in [1.29, 1.82) is 0 Å². The fourth-order valence-electron chi connectivity index (χ4n) is 3.08. The predicted octanol–water partition coefficient (Wildman–Crippen LogP) is 3.17. The highest BCUT2D eigenvalue weighted by Crippen LogP contribution is 2.23. The zero-order valence-corrected chi connectivity index (χ0v) is 12.5. The maximum absolute atomic E-state index is 11.1. The number of nitrogens with zero attached hydrogens (tertiary/aromatic N) is 3. The SMILES string of the molecule is O=C(O)N1CCC[C@H](Cn2c(CCl)nc3ccccc32)C1. The number of piperidine rings is 1. The molecular weight excluding hydrogens is 290 g/mol. The van der Waals surface area contributed by atoms with Gasteiger partial charge in [-0.3, -0.25) is 0 Å². The van der Waals surface area contributed by atoms with Gasteiger partial charge >= 0.3 is 6.09 Å². The van der Waals surface area contributed by atoms with E-state index in [-0.39, 0.29) is 0 Å². The van der Waals surface area contributed by atoms with Gasteiger partial charge in [-0.05, 0) is 30.9 Å². The van der Waals surface area contributed by atoms with Crippen molar-refractivity contribution >= 4 is 28.7 Å². The van der Waals surface area contributed by atoms with E-state index in [2.05, 4.69) is 9.55 Å². The summed E-state index contributed by atoms with van der Waals surface area (Å²) in [5.41, 5.74) is 2.01. The average Bonchev–Trinajstić information content (AvgIpc) is 2.86. The highest BCUT2D eigenvalue weighted by molar-refractivity contribution is 6.16. The van der Waals surface area contributed by atoms with Crippen LogP contribution in [0.2, 0.25) is 0 Å². The Morgan fingerprint density at radius 2 is 2.24 bits per heavy atom. The molecule has 1 aromatic heterocycles. The number of rotatable bonds is 3. The van der Waals surface area contributed by atoms with Crippen LogP contribution in [0.3, 0.4) is 0 Å². The second kappa shape index (κ2) is 5.93. The Morgan fingerprint density at radius 1 is 1.43 bits per heavy atom. The first-order valence-corrected chi connectivity index (χ1v) is 7.70. The zero-order valence-electron chi connectivity index (χ0n) is 11.7. The first kappa shape index (κ1) is 14.2. The molecule has 112 valence electrons. The minimum absolute atomic E-state index is 0.314. The van der Waals surface area contributed by atoms with Crippen molar-refractivity contribution < 1.29 is 9.90 Å². The monoisotopic (exact) mass is 307 g/mol. The molecule has 5 nitrogen and oxygen atoms in total. The van der Waals surface area contributed by atoms with Crippen molar-refractivity contribution in [3.05, 3.63) is 30.1 Å². The number of amides is 1. The molecule has 21 heavy (non-hydrogen) atoms. The fraction of sp³-hybridized carbons (Fsp3) is 0.467. The molecule has 2 aromatic rings. The summed E-state index contributed by atoms with van der Waals surface area (Å²) in [6.45, 7) is 1.99. The summed E-state index contributed by atoms with van der Waals surface area (Å²) in [5.74, 6) is 1.53. The van der Waals surface area contributed by atoms with Crippen molar-refractivity contribution in [1.82, 2.24) is 14.5 Å². The van der Waals surface area contributed by atoms with E-state index in [1.165, 1.54) is 4.90 Å². The van der Waals surface area contributed by atoms with E-state index >= 15 is 0 Å². The maximum Gasteiger partial charge on any atom is 0.407 e. The highest BCUT2D eigenvalue weighted by atomic mass is 35.5. The summed E-state index contributed by atoms with van der Waals surface area (Å²) in [6.07, 6.45) is 1.13. The Balaban J connectivity index is 1.85. The van der Waals surface area contributed by atoms with Gasteiger partial charge in [0.05, 0.1) is 16.9 Å². The number of imidazole rings is 1. The first-order chi connectivity index (χ1) is 10.2. The summed E-state index contributed by atoms with van der Waals surface area (Å²) in [5, 5.41) is 9.14. The third-order valence-electron chi connectivity index (χ3n) is 4.08. The van der Waals surface area contributed by atoms with Gasteiger partial charge in [0.15, 0.2) is 0 Å². The second-order valence-corrected chi connectivity index (χ2v) is 5.77. The van der Waals surface area contributed by atoms with Crippen LogP contribution in [0.1, 0.15) is 18.7 Å². The Morgan fingerprint density at radius 3 is 3.00 bits per heavy atom. The van der Waals surface area contributed by atoms with E-state index in [9.17, 15) is 4.79 Å². The molecule has 1 saturated heterocycles. The van der Waals surface area contributed by atoms with Crippen molar-refractivity contribution in [3.8, 4) is 0 Å². The van der Waals surface area contributed by atoms with Gasteiger partial charge < -0.3 is 14.6 Å². The van der Waals surface area contributed by atoms with Gasteiger partial charge in [-0.15, -0.1) is 11.6 Å². The van der Waals surface area contributed by atoms with E-state index in [0.717, 1.165) is 36.2 Å². The van der Waals surface area contributed by atoms with E-state index in [0.29, 0.717) is 24.9 Å². The number of para-hydroxylation sites is 2. The molecule has 0 radical (unpaired) electrons. The number of benzene rings is 1. The molecule has 3 rings (SSSR count). The molecule has 6 heteroatoms. The molecule has 0 saturated carbocycles. The Hall–Kier alpha value is -1.75. The number of carbonyl (C=O) groups is 1. The lowest BCUT2D eigenvalue weighted by molar-refractivity contribution is 0.116. The van der Waals surface area contributed by atoms with Crippen LogP contribution >= 0.6 is 11.6 Å². The Bertz CT molecular complexity index is 655. The summed E-state index contributed by atoms with van der Waals surface area (Å²) < 4.78 is 2.14. The molecule has 0 aliphatic carbocycles. The molecule has 1 aromatic carbocycles. The van der Waals surface area contributed by atoms with Gasteiger partial charge in [0, 0.05) is 19.6 Å². The molecule has 1 N–H and O–H groups in total. The lowest BCUT2D eigenvalue weighted by Crippen LogP contribution is -2.40. The summed E-state index contributed by atoms with van der Waals surface area (Å²) >= 11 is 6.01. The minimum atomic E-state index is -0.826. The van der Waals surface area contributed by atoms with Crippen molar-refractivity contribution in [2.75, 3.05) is 13.1 Å². The molecule has 1 fully saturated rings. The Labute approximate surface area is 128 Å². The first-order valence-electron chi connectivity index (χ1n) is 7.17. The van der Waals surface area contributed by atoms with Crippen LogP contribution in [0.25, 0.3) is 11.0 Å². The molecule has 1 aliphatic heterocycles. The second-order valence-electron chi connectivity index (χ2n) is 5.50. The van der Waals surface area contributed by atoms with Crippen LogP contribution in [0, 0.1) is 5.92 Å². The largest absolute Gasteiger partial charge is 0.465 e. The summed E-state index contributed by atoms with van der Waals surface area (Å²) in [4.78, 5) is 17.2. The van der Waals surface area contributed by atoms with Crippen molar-refractivity contribution in [2.24, 2.45) is 5.92 Å². The standard InChI is InChI=1S/C15H18ClN3O2/c16-8-14-17-12-5-1-2-6-13(12)19(14)10-11-4-3-7-18(9-11)15(20)21/h1-2,5-6,11H,3-4,7-10H2,(H,20,21)/t11-/m0/s1. The number of hydrogen-bond donors (Lipinski definition) is 1. The quantitative estimate of drug-likeness (QED) is 0.886. The van der Waals surface area contributed by atoms with Crippen LogP contribution in [-0.4, -0.2) is 38.7 Å².